The van der Waals surface area contributed by atoms with Crippen LogP contribution in [0.5, 0.6) is 5.75 Å². The first-order valence-electron chi connectivity index (χ1n) is 8.99. The quantitative estimate of drug-likeness (QED) is 0.501. The Balaban J connectivity index is 1.51. The van der Waals surface area contributed by atoms with Crippen molar-refractivity contribution in [2.75, 3.05) is 18.2 Å². The molecular formula is C20H21N3O2S2. The minimum atomic E-state index is -0.0429. The largest absolute Gasteiger partial charge is 0.497 e. The van der Waals surface area contributed by atoms with Gasteiger partial charge in [0, 0.05) is 16.0 Å². The molecule has 1 aromatic carbocycles. The van der Waals surface area contributed by atoms with Gasteiger partial charge in [0.15, 0.2) is 0 Å². The summed E-state index contributed by atoms with van der Waals surface area (Å²) < 4.78 is 5.14. The summed E-state index contributed by atoms with van der Waals surface area (Å²) in [6.45, 7) is 1.92. The molecule has 4 rings (SSSR count). The molecule has 1 N–H and O–H groups in total. The third kappa shape index (κ3) is 3.94. The number of aryl methyl sites for hydroxylation is 3. The van der Waals surface area contributed by atoms with Crippen LogP contribution in [-0.4, -0.2) is 28.7 Å². The molecule has 27 heavy (non-hydrogen) atoms. The third-order valence-corrected chi connectivity index (χ3v) is 6.77. The number of thiophene rings is 1. The molecule has 0 unspecified atom stereocenters. The molecule has 5 nitrogen and oxygen atoms in total. The highest BCUT2D eigenvalue weighted by atomic mass is 32.2. The van der Waals surface area contributed by atoms with E-state index >= 15 is 0 Å². The number of amides is 1. The van der Waals surface area contributed by atoms with Crippen molar-refractivity contribution in [3.63, 3.8) is 0 Å². The van der Waals surface area contributed by atoms with E-state index in [9.17, 15) is 4.79 Å². The number of methoxy groups -OCH3 is 1. The van der Waals surface area contributed by atoms with E-state index in [1.807, 2.05) is 31.2 Å². The van der Waals surface area contributed by atoms with Gasteiger partial charge in [-0.05, 0) is 62.4 Å². The van der Waals surface area contributed by atoms with Gasteiger partial charge in [-0.1, -0.05) is 11.8 Å². The summed E-state index contributed by atoms with van der Waals surface area (Å²) >= 11 is 3.29. The van der Waals surface area contributed by atoms with Gasteiger partial charge < -0.3 is 10.1 Å². The summed E-state index contributed by atoms with van der Waals surface area (Å²) in [7, 11) is 1.62. The first-order chi connectivity index (χ1) is 13.1. The van der Waals surface area contributed by atoms with E-state index in [1.54, 1.807) is 18.4 Å². The molecule has 0 aliphatic heterocycles. The number of fused-ring (bicyclic) bond motifs is 3. The molecule has 0 bridgehead atoms. The Hall–Kier alpha value is -2.12. The van der Waals surface area contributed by atoms with Crippen LogP contribution in [-0.2, 0) is 17.6 Å². The molecule has 0 atom stereocenters. The van der Waals surface area contributed by atoms with Crippen molar-refractivity contribution >= 4 is 44.9 Å². The van der Waals surface area contributed by atoms with Crippen LogP contribution in [0.25, 0.3) is 10.2 Å². The zero-order chi connectivity index (χ0) is 18.8. The van der Waals surface area contributed by atoms with Crippen LogP contribution in [0.1, 0.15) is 29.1 Å². The van der Waals surface area contributed by atoms with Crippen molar-refractivity contribution < 1.29 is 9.53 Å². The van der Waals surface area contributed by atoms with Crippen LogP contribution in [0.15, 0.2) is 29.3 Å². The van der Waals surface area contributed by atoms with Crippen molar-refractivity contribution in [2.24, 2.45) is 0 Å². The van der Waals surface area contributed by atoms with E-state index in [-0.39, 0.29) is 5.91 Å². The molecule has 3 aromatic rings. The second kappa shape index (κ2) is 7.86. The van der Waals surface area contributed by atoms with E-state index in [2.05, 4.69) is 15.3 Å². The van der Waals surface area contributed by atoms with Gasteiger partial charge in [0.05, 0.1) is 12.9 Å². The minimum absolute atomic E-state index is 0.0429. The maximum absolute atomic E-state index is 12.4. The Morgan fingerprint density at radius 1 is 1.22 bits per heavy atom. The van der Waals surface area contributed by atoms with E-state index < -0.39 is 0 Å². The van der Waals surface area contributed by atoms with Gasteiger partial charge in [0.25, 0.3) is 0 Å². The lowest BCUT2D eigenvalue weighted by Crippen LogP contribution is -2.14. The highest BCUT2D eigenvalue weighted by Crippen LogP contribution is 2.39. The molecule has 1 aliphatic carbocycles. The third-order valence-electron chi connectivity index (χ3n) is 4.61. The predicted molar refractivity (Wildman–Crippen MR) is 111 cm³/mol. The molecule has 0 saturated heterocycles. The summed E-state index contributed by atoms with van der Waals surface area (Å²) in [6, 6.07) is 7.34. The van der Waals surface area contributed by atoms with Gasteiger partial charge >= 0.3 is 0 Å². The number of anilines is 1. The number of aromatic nitrogens is 2. The fraction of sp³-hybridized carbons (Fsp3) is 0.350. The molecule has 0 saturated carbocycles. The Labute approximate surface area is 166 Å². The Kier molecular flexibility index (Phi) is 5.31. The lowest BCUT2D eigenvalue weighted by atomic mass is 9.97. The zero-order valence-electron chi connectivity index (χ0n) is 15.4. The normalized spacial score (nSPS) is 13.4. The van der Waals surface area contributed by atoms with Gasteiger partial charge in [-0.3, -0.25) is 4.79 Å². The SMILES string of the molecule is COc1ccc(NC(=O)CSc2nc(C)nc3sc4c(c23)CCCC4)cc1. The van der Waals surface area contributed by atoms with E-state index in [1.165, 1.54) is 40.4 Å². The van der Waals surface area contributed by atoms with Crippen molar-refractivity contribution in [1.82, 2.24) is 9.97 Å². The fourth-order valence-corrected chi connectivity index (χ4v) is 5.61. The summed E-state index contributed by atoms with van der Waals surface area (Å²) in [5.41, 5.74) is 2.16. The second-order valence-electron chi connectivity index (χ2n) is 6.53. The number of rotatable bonds is 5. The van der Waals surface area contributed by atoms with Crippen LogP contribution in [0.2, 0.25) is 0 Å². The number of thioether (sulfide) groups is 1. The molecular weight excluding hydrogens is 378 g/mol. The highest BCUT2D eigenvalue weighted by Gasteiger charge is 2.21. The topological polar surface area (TPSA) is 64.1 Å². The molecule has 2 heterocycles. The zero-order valence-corrected chi connectivity index (χ0v) is 17.0. The molecule has 140 valence electrons. The van der Waals surface area contributed by atoms with Crippen LogP contribution in [0.3, 0.4) is 0 Å². The molecule has 1 aliphatic rings. The molecule has 0 spiro atoms. The van der Waals surface area contributed by atoms with E-state index in [0.29, 0.717) is 5.75 Å². The maximum Gasteiger partial charge on any atom is 0.234 e. The van der Waals surface area contributed by atoms with E-state index in [4.69, 9.17) is 4.74 Å². The minimum Gasteiger partial charge on any atom is -0.497 e. The molecule has 7 heteroatoms. The van der Waals surface area contributed by atoms with Gasteiger partial charge in [-0.2, -0.15) is 0 Å². The van der Waals surface area contributed by atoms with Crippen LogP contribution in [0.4, 0.5) is 5.69 Å². The Morgan fingerprint density at radius 2 is 2.00 bits per heavy atom. The monoisotopic (exact) mass is 399 g/mol. The van der Waals surface area contributed by atoms with Crippen LogP contribution in [0, 0.1) is 6.92 Å². The van der Waals surface area contributed by atoms with Crippen molar-refractivity contribution in [1.29, 1.82) is 0 Å². The molecule has 0 radical (unpaired) electrons. The number of ether oxygens (including phenoxy) is 1. The molecule has 2 aromatic heterocycles. The average Bonchev–Trinajstić information content (AvgIpc) is 3.05. The highest BCUT2D eigenvalue weighted by molar-refractivity contribution is 8.00. The first-order valence-corrected chi connectivity index (χ1v) is 10.8. The summed E-state index contributed by atoms with van der Waals surface area (Å²) in [4.78, 5) is 24.2. The number of nitrogens with zero attached hydrogens (tertiary/aromatic N) is 2. The number of hydrogen-bond acceptors (Lipinski definition) is 6. The van der Waals surface area contributed by atoms with Gasteiger partial charge in [-0.15, -0.1) is 11.3 Å². The van der Waals surface area contributed by atoms with Gasteiger partial charge in [-0.25, -0.2) is 9.97 Å². The number of nitrogens with one attached hydrogen (secondary N) is 1. The fourth-order valence-electron chi connectivity index (χ4n) is 3.34. The van der Waals surface area contributed by atoms with Crippen LogP contribution < -0.4 is 10.1 Å². The first kappa shape index (κ1) is 18.3. The number of carbonyl (C=O) groups excluding carboxylic acids is 1. The maximum atomic E-state index is 12.4. The van der Waals surface area contributed by atoms with Crippen molar-refractivity contribution in [2.45, 2.75) is 37.6 Å². The molecule has 1 amide bonds. The van der Waals surface area contributed by atoms with E-state index in [0.717, 1.165) is 40.0 Å². The lowest BCUT2D eigenvalue weighted by Gasteiger charge is -2.12. The van der Waals surface area contributed by atoms with Crippen molar-refractivity contribution in [3.05, 3.63) is 40.5 Å². The summed E-state index contributed by atoms with van der Waals surface area (Å²) in [6.07, 6.45) is 4.69. The summed E-state index contributed by atoms with van der Waals surface area (Å²) in [5.74, 6) is 1.81. The number of hydrogen-bond donors (Lipinski definition) is 1. The predicted octanol–water partition coefficient (Wildman–Crippen LogP) is 4.62. The number of benzene rings is 1. The average molecular weight is 400 g/mol. The Morgan fingerprint density at radius 3 is 2.78 bits per heavy atom. The lowest BCUT2D eigenvalue weighted by molar-refractivity contribution is -0.113. The van der Waals surface area contributed by atoms with Gasteiger partial charge in [0.2, 0.25) is 5.91 Å². The standard InChI is InChI=1S/C20H21N3O2S2/c1-12-21-19(18-15-5-3-4-6-16(15)27-20(18)22-12)26-11-17(24)23-13-7-9-14(25-2)10-8-13/h7-10H,3-6,11H2,1-2H3,(H,23,24). The van der Waals surface area contributed by atoms with Gasteiger partial charge in [0.1, 0.15) is 21.4 Å². The summed E-state index contributed by atoms with van der Waals surface area (Å²) in [5, 5.41) is 5.03. The van der Waals surface area contributed by atoms with Crippen molar-refractivity contribution in [3.8, 4) is 5.75 Å². The smallest absolute Gasteiger partial charge is 0.234 e. The molecule has 0 fully saturated rings. The van der Waals surface area contributed by atoms with Crippen LogP contribution >= 0.6 is 23.1 Å². The second-order valence-corrected chi connectivity index (χ2v) is 8.58. The Bertz CT molecular complexity index is 983. The number of carbonyl (C=O) groups is 1.